The quantitative estimate of drug-likeness (QED) is 0.614. The summed E-state index contributed by atoms with van der Waals surface area (Å²) in [7, 11) is 0. The van der Waals surface area contributed by atoms with Crippen LogP contribution >= 0.6 is 0 Å². The summed E-state index contributed by atoms with van der Waals surface area (Å²) in [5.74, 6) is -1.35. The number of pyridine rings is 1. The Morgan fingerprint density at radius 1 is 1.07 bits per heavy atom. The van der Waals surface area contributed by atoms with Gasteiger partial charge in [-0.25, -0.2) is 9.37 Å². The molecule has 78 valence electrons. The van der Waals surface area contributed by atoms with Crippen molar-refractivity contribution in [2.45, 2.75) is 6.18 Å². The Morgan fingerprint density at radius 3 is 2.40 bits per heavy atom. The summed E-state index contributed by atoms with van der Waals surface area (Å²) in [6.45, 7) is 0. The summed E-state index contributed by atoms with van der Waals surface area (Å²) in [6.07, 6.45) is -4.76. The van der Waals surface area contributed by atoms with E-state index >= 15 is 0 Å². The Balaban J connectivity index is 2.73. The van der Waals surface area contributed by atoms with Crippen LogP contribution in [-0.4, -0.2) is 4.98 Å². The summed E-state index contributed by atoms with van der Waals surface area (Å²) in [4.78, 5) is 3.25. The molecule has 0 spiro atoms. The summed E-state index contributed by atoms with van der Waals surface area (Å²) in [6, 6.07) is 6.91. The maximum Gasteiger partial charge on any atom is 0.436 e. The van der Waals surface area contributed by atoms with E-state index < -0.39 is 17.7 Å². The third-order valence-corrected chi connectivity index (χ3v) is 1.95. The molecular formula is C10H5F4N. The van der Waals surface area contributed by atoms with Crippen LogP contribution in [0.4, 0.5) is 17.6 Å². The fourth-order valence-electron chi connectivity index (χ4n) is 1.29. The van der Waals surface area contributed by atoms with Crippen molar-refractivity contribution in [2.75, 3.05) is 0 Å². The van der Waals surface area contributed by atoms with E-state index in [1.807, 2.05) is 0 Å². The van der Waals surface area contributed by atoms with Crippen LogP contribution in [0.1, 0.15) is 5.69 Å². The second kappa shape index (κ2) is 3.18. The molecule has 0 radical (unpaired) electrons. The Morgan fingerprint density at radius 2 is 1.73 bits per heavy atom. The van der Waals surface area contributed by atoms with E-state index in [-0.39, 0.29) is 5.52 Å². The number of hydrogen-bond donors (Lipinski definition) is 0. The SMILES string of the molecule is Fc1cc2ccccc2nc1C(F)(F)F. The number of aromatic nitrogens is 1. The largest absolute Gasteiger partial charge is 0.436 e. The summed E-state index contributed by atoms with van der Waals surface area (Å²) in [5, 5.41) is 0.350. The van der Waals surface area contributed by atoms with Crippen molar-refractivity contribution in [3.05, 3.63) is 41.8 Å². The first-order valence-corrected chi connectivity index (χ1v) is 4.11. The van der Waals surface area contributed by atoms with Crippen LogP contribution in [0.3, 0.4) is 0 Å². The van der Waals surface area contributed by atoms with Gasteiger partial charge in [-0.15, -0.1) is 0 Å². The Hall–Kier alpha value is -1.65. The average molecular weight is 215 g/mol. The van der Waals surface area contributed by atoms with Crippen molar-refractivity contribution in [2.24, 2.45) is 0 Å². The van der Waals surface area contributed by atoms with E-state index in [2.05, 4.69) is 4.98 Å². The predicted octanol–water partition coefficient (Wildman–Crippen LogP) is 3.39. The van der Waals surface area contributed by atoms with Crippen LogP contribution in [0.5, 0.6) is 0 Å². The number of para-hydroxylation sites is 1. The monoisotopic (exact) mass is 215 g/mol. The van der Waals surface area contributed by atoms with Gasteiger partial charge in [0.2, 0.25) is 0 Å². The number of benzene rings is 1. The summed E-state index contributed by atoms with van der Waals surface area (Å²) in [5.41, 5.74) is -1.34. The number of halogens is 4. The molecule has 2 rings (SSSR count). The maximum absolute atomic E-state index is 13.0. The highest BCUT2D eigenvalue weighted by Crippen LogP contribution is 2.31. The lowest BCUT2D eigenvalue weighted by molar-refractivity contribution is -0.143. The van der Waals surface area contributed by atoms with E-state index in [0.717, 1.165) is 6.07 Å². The molecule has 1 heterocycles. The molecule has 0 atom stereocenters. The average Bonchev–Trinajstić information content (AvgIpc) is 2.15. The molecule has 2 aromatic rings. The molecule has 0 unspecified atom stereocenters. The second-order valence-corrected chi connectivity index (χ2v) is 3.01. The molecule has 0 amide bonds. The van der Waals surface area contributed by atoms with Gasteiger partial charge in [0.25, 0.3) is 0 Å². The Bertz CT molecular complexity index is 504. The van der Waals surface area contributed by atoms with Gasteiger partial charge in [0.1, 0.15) is 0 Å². The van der Waals surface area contributed by atoms with Crippen molar-refractivity contribution in [1.29, 1.82) is 0 Å². The van der Waals surface area contributed by atoms with Gasteiger partial charge in [-0.05, 0) is 12.1 Å². The van der Waals surface area contributed by atoms with Gasteiger partial charge < -0.3 is 0 Å². The summed E-state index contributed by atoms with van der Waals surface area (Å²) >= 11 is 0. The van der Waals surface area contributed by atoms with Gasteiger partial charge in [-0.2, -0.15) is 13.2 Å². The minimum Gasteiger partial charge on any atom is -0.240 e. The van der Waals surface area contributed by atoms with Gasteiger partial charge in [-0.3, -0.25) is 0 Å². The minimum absolute atomic E-state index is 0.131. The molecule has 0 aliphatic carbocycles. The molecule has 0 N–H and O–H groups in total. The molecule has 15 heavy (non-hydrogen) atoms. The van der Waals surface area contributed by atoms with Crippen LogP contribution < -0.4 is 0 Å². The second-order valence-electron chi connectivity index (χ2n) is 3.01. The van der Waals surface area contributed by atoms with Crippen LogP contribution in [0.15, 0.2) is 30.3 Å². The topological polar surface area (TPSA) is 12.9 Å². The molecule has 1 aromatic heterocycles. The highest BCUT2D eigenvalue weighted by Gasteiger charge is 2.36. The van der Waals surface area contributed by atoms with Crippen LogP contribution in [-0.2, 0) is 6.18 Å². The van der Waals surface area contributed by atoms with E-state index in [1.165, 1.54) is 12.1 Å². The van der Waals surface area contributed by atoms with Gasteiger partial charge in [0, 0.05) is 5.39 Å². The van der Waals surface area contributed by atoms with Crippen molar-refractivity contribution in [1.82, 2.24) is 4.98 Å². The third kappa shape index (κ3) is 1.77. The molecular weight excluding hydrogens is 210 g/mol. The van der Waals surface area contributed by atoms with Gasteiger partial charge in [0.05, 0.1) is 5.52 Å². The maximum atomic E-state index is 13.0. The highest BCUT2D eigenvalue weighted by atomic mass is 19.4. The molecule has 1 aromatic carbocycles. The summed E-state index contributed by atoms with van der Waals surface area (Å²) < 4.78 is 49.9. The first kappa shape index (κ1) is 9.89. The molecule has 0 saturated carbocycles. The van der Waals surface area contributed by atoms with Crippen LogP contribution in [0, 0.1) is 5.82 Å². The number of fused-ring (bicyclic) bond motifs is 1. The molecule has 0 aliphatic rings. The van der Waals surface area contributed by atoms with Gasteiger partial charge >= 0.3 is 6.18 Å². The lowest BCUT2D eigenvalue weighted by Gasteiger charge is -2.07. The van der Waals surface area contributed by atoms with Gasteiger partial charge in [-0.1, -0.05) is 18.2 Å². The smallest absolute Gasteiger partial charge is 0.240 e. The Kier molecular flexibility index (Phi) is 2.10. The zero-order chi connectivity index (χ0) is 11.1. The number of rotatable bonds is 0. The number of alkyl halides is 3. The molecule has 0 saturated heterocycles. The molecule has 0 fully saturated rings. The standard InChI is InChI=1S/C10H5F4N/c11-7-5-6-3-1-2-4-8(6)15-9(7)10(12,13)14/h1-5H. The normalized spacial score (nSPS) is 12.0. The van der Waals surface area contributed by atoms with Crippen molar-refractivity contribution in [3.8, 4) is 0 Å². The van der Waals surface area contributed by atoms with Crippen molar-refractivity contribution < 1.29 is 17.6 Å². The Labute approximate surface area is 82.4 Å². The van der Waals surface area contributed by atoms with E-state index in [4.69, 9.17) is 0 Å². The van der Waals surface area contributed by atoms with Gasteiger partial charge in [0.15, 0.2) is 11.5 Å². The van der Waals surface area contributed by atoms with Crippen molar-refractivity contribution >= 4 is 10.9 Å². The fraction of sp³-hybridized carbons (Fsp3) is 0.100. The lowest BCUT2D eigenvalue weighted by Crippen LogP contribution is -2.11. The molecule has 0 aliphatic heterocycles. The van der Waals surface area contributed by atoms with Crippen molar-refractivity contribution in [3.63, 3.8) is 0 Å². The van der Waals surface area contributed by atoms with Crippen LogP contribution in [0.2, 0.25) is 0 Å². The van der Waals surface area contributed by atoms with Crippen LogP contribution in [0.25, 0.3) is 10.9 Å². The molecule has 0 bridgehead atoms. The first-order chi connectivity index (χ1) is 6.98. The number of nitrogens with zero attached hydrogens (tertiary/aromatic N) is 1. The number of hydrogen-bond acceptors (Lipinski definition) is 1. The lowest BCUT2D eigenvalue weighted by atomic mass is 10.2. The zero-order valence-corrected chi connectivity index (χ0v) is 7.35. The minimum atomic E-state index is -4.76. The predicted molar refractivity (Wildman–Crippen MR) is 46.7 cm³/mol. The molecule has 1 nitrogen and oxygen atoms in total. The van der Waals surface area contributed by atoms with E-state index in [9.17, 15) is 17.6 Å². The van der Waals surface area contributed by atoms with E-state index in [1.54, 1.807) is 12.1 Å². The first-order valence-electron chi connectivity index (χ1n) is 4.11. The molecule has 5 heteroatoms. The fourth-order valence-corrected chi connectivity index (χ4v) is 1.29. The zero-order valence-electron chi connectivity index (χ0n) is 7.35. The third-order valence-electron chi connectivity index (χ3n) is 1.95. The van der Waals surface area contributed by atoms with E-state index in [0.29, 0.717) is 5.39 Å². The highest BCUT2D eigenvalue weighted by molar-refractivity contribution is 5.78.